The molecule has 2 aliphatic rings. The predicted molar refractivity (Wildman–Crippen MR) is 83.0 cm³/mol. The van der Waals surface area contributed by atoms with E-state index in [-0.39, 0.29) is 17.7 Å². The Morgan fingerprint density at radius 1 is 1.33 bits per heavy atom. The van der Waals surface area contributed by atoms with Crippen molar-refractivity contribution in [3.05, 3.63) is 29.8 Å². The van der Waals surface area contributed by atoms with Crippen LogP contribution >= 0.6 is 0 Å². The van der Waals surface area contributed by atoms with Gasteiger partial charge in [0.15, 0.2) is 0 Å². The summed E-state index contributed by atoms with van der Waals surface area (Å²) in [5.74, 6) is 2.82. The maximum absolute atomic E-state index is 12.1. The van der Waals surface area contributed by atoms with Gasteiger partial charge in [-0.05, 0) is 62.0 Å². The number of hydrogen-bond acceptors (Lipinski definition) is 2. The standard InChI is InChI=1S/C18H25NO2/c1-12(16-11-13-6-7-15(16)10-13)19-18(21)9-8-14-4-2-3-5-17(14)20/h2-5,12-13,15-16,20H,6-11H2,1H3,(H,19,21). The van der Waals surface area contributed by atoms with Crippen LogP contribution in [0, 0.1) is 17.8 Å². The van der Waals surface area contributed by atoms with Crippen LogP contribution in [0.2, 0.25) is 0 Å². The van der Waals surface area contributed by atoms with E-state index in [9.17, 15) is 9.90 Å². The number of carbonyl (C=O) groups excluding carboxylic acids is 1. The molecule has 4 atom stereocenters. The first-order valence-electron chi connectivity index (χ1n) is 8.19. The molecule has 0 heterocycles. The number of aryl methyl sites for hydroxylation is 1. The summed E-state index contributed by atoms with van der Waals surface area (Å²) < 4.78 is 0. The summed E-state index contributed by atoms with van der Waals surface area (Å²) in [6.45, 7) is 2.16. The van der Waals surface area contributed by atoms with Crippen molar-refractivity contribution in [1.29, 1.82) is 0 Å². The molecule has 2 fully saturated rings. The first-order valence-corrected chi connectivity index (χ1v) is 8.19. The van der Waals surface area contributed by atoms with E-state index in [2.05, 4.69) is 12.2 Å². The Morgan fingerprint density at radius 3 is 2.81 bits per heavy atom. The normalized spacial score (nSPS) is 28.5. The zero-order valence-electron chi connectivity index (χ0n) is 12.7. The Morgan fingerprint density at radius 2 is 2.14 bits per heavy atom. The van der Waals surface area contributed by atoms with Gasteiger partial charge in [0.05, 0.1) is 0 Å². The average Bonchev–Trinajstić information content (AvgIpc) is 3.09. The van der Waals surface area contributed by atoms with Crippen molar-refractivity contribution in [2.24, 2.45) is 17.8 Å². The van der Waals surface area contributed by atoms with Gasteiger partial charge in [0, 0.05) is 12.5 Å². The number of rotatable bonds is 5. The van der Waals surface area contributed by atoms with Gasteiger partial charge in [-0.1, -0.05) is 24.6 Å². The zero-order valence-corrected chi connectivity index (χ0v) is 12.7. The third kappa shape index (κ3) is 3.22. The van der Waals surface area contributed by atoms with Crippen LogP contribution in [0.1, 0.15) is 44.6 Å². The van der Waals surface area contributed by atoms with Gasteiger partial charge in [0.25, 0.3) is 0 Å². The van der Waals surface area contributed by atoms with E-state index < -0.39 is 0 Å². The monoisotopic (exact) mass is 287 g/mol. The van der Waals surface area contributed by atoms with E-state index in [1.54, 1.807) is 12.1 Å². The third-order valence-electron chi connectivity index (χ3n) is 5.44. The minimum Gasteiger partial charge on any atom is -0.508 e. The Bertz CT molecular complexity index is 514. The topological polar surface area (TPSA) is 49.3 Å². The average molecular weight is 287 g/mol. The van der Waals surface area contributed by atoms with Crippen molar-refractivity contribution in [2.75, 3.05) is 0 Å². The highest BCUT2D eigenvalue weighted by atomic mass is 16.3. The van der Waals surface area contributed by atoms with Gasteiger partial charge < -0.3 is 10.4 Å². The van der Waals surface area contributed by atoms with Gasteiger partial charge in [-0.15, -0.1) is 0 Å². The largest absolute Gasteiger partial charge is 0.508 e. The number of phenolic OH excluding ortho intramolecular Hbond substituents is 1. The molecule has 1 aromatic carbocycles. The molecule has 1 amide bonds. The number of benzene rings is 1. The van der Waals surface area contributed by atoms with Crippen molar-refractivity contribution >= 4 is 5.91 Å². The minimum atomic E-state index is 0.105. The summed E-state index contributed by atoms with van der Waals surface area (Å²) in [6.07, 6.45) is 6.47. The molecule has 0 aliphatic heterocycles. The lowest BCUT2D eigenvalue weighted by molar-refractivity contribution is -0.122. The predicted octanol–water partition coefficient (Wildman–Crippen LogP) is 3.27. The second kappa shape index (κ2) is 6.08. The van der Waals surface area contributed by atoms with E-state index in [0.717, 1.165) is 17.4 Å². The minimum absolute atomic E-state index is 0.105. The van der Waals surface area contributed by atoms with Crippen LogP contribution in [0.3, 0.4) is 0 Å². The molecule has 2 bridgehead atoms. The molecular weight excluding hydrogens is 262 g/mol. The maximum Gasteiger partial charge on any atom is 0.220 e. The molecule has 0 aromatic heterocycles. The Kier molecular flexibility index (Phi) is 4.18. The molecule has 2 aliphatic carbocycles. The Hall–Kier alpha value is -1.51. The number of amides is 1. The maximum atomic E-state index is 12.1. The van der Waals surface area contributed by atoms with Crippen LogP contribution in [0.5, 0.6) is 5.75 Å². The van der Waals surface area contributed by atoms with Crippen LogP contribution in [0.25, 0.3) is 0 Å². The third-order valence-corrected chi connectivity index (χ3v) is 5.44. The Labute approximate surface area is 126 Å². The summed E-state index contributed by atoms with van der Waals surface area (Å²) in [5.41, 5.74) is 0.847. The smallest absolute Gasteiger partial charge is 0.220 e. The molecule has 3 heteroatoms. The molecule has 3 nitrogen and oxygen atoms in total. The van der Waals surface area contributed by atoms with E-state index in [1.807, 2.05) is 12.1 Å². The van der Waals surface area contributed by atoms with Gasteiger partial charge in [-0.25, -0.2) is 0 Å². The first-order chi connectivity index (χ1) is 10.1. The molecular formula is C18H25NO2. The summed E-state index contributed by atoms with van der Waals surface area (Å²) in [4.78, 5) is 12.1. The van der Waals surface area contributed by atoms with Crippen LogP contribution in [0.15, 0.2) is 24.3 Å². The fourth-order valence-corrected chi connectivity index (χ4v) is 4.31. The SMILES string of the molecule is CC(NC(=O)CCc1ccccc1O)C1CC2CCC1C2. The van der Waals surface area contributed by atoms with Crippen molar-refractivity contribution in [3.8, 4) is 5.75 Å². The van der Waals surface area contributed by atoms with Crippen molar-refractivity contribution in [2.45, 2.75) is 51.5 Å². The number of para-hydroxylation sites is 1. The fourth-order valence-electron chi connectivity index (χ4n) is 4.31. The number of nitrogens with one attached hydrogen (secondary N) is 1. The van der Waals surface area contributed by atoms with E-state index in [4.69, 9.17) is 0 Å². The fraction of sp³-hybridized carbons (Fsp3) is 0.611. The van der Waals surface area contributed by atoms with Gasteiger partial charge in [-0.3, -0.25) is 4.79 Å². The van der Waals surface area contributed by atoms with Crippen molar-refractivity contribution in [3.63, 3.8) is 0 Å². The highest BCUT2D eigenvalue weighted by Crippen LogP contribution is 2.49. The number of hydrogen-bond donors (Lipinski definition) is 2. The van der Waals surface area contributed by atoms with Gasteiger partial charge >= 0.3 is 0 Å². The van der Waals surface area contributed by atoms with Gasteiger partial charge in [-0.2, -0.15) is 0 Å². The molecule has 21 heavy (non-hydrogen) atoms. The highest BCUT2D eigenvalue weighted by molar-refractivity contribution is 5.76. The molecule has 4 unspecified atom stereocenters. The lowest BCUT2D eigenvalue weighted by atomic mass is 9.84. The van der Waals surface area contributed by atoms with E-state index in [0.29, 0.717) is 18.8 Å². The van der Waals surface area contributed by atoms with Crippen LogP contribution < -0.4 is 5.32 Å². The molecule has 114 valence electrons. The van der Waals surface area contributed by atoms with Crippen molar-refractivity contribution in [1.82, 2.24) is 5.32 Å². The molecule has 2 saturated carbocycles. The highest BCUT2D eigenvalue weighted by Gasteiger charge is 2.42. The summed E-state index contributed by atoms with van der Waals surface area (Å²) in [7, 11) is 0. The molecule has 0 spiro atoms. The summed E-state index contributed by atoms with van der Waals surface area (Å²) in [5, 5.41) is 12.9. The number of fused-ring (bicyclic) bond motifs is 2. The molecule has 3 rings (SSSR count). The Balaban J connectivity index is 1.47. The molecule has 2 N–H and O–H groups in total. The quantitative estimate of drug-likeness (QED) is 0.873. The molecule has 1 aromatic rings. The lowest BCUT2D eigenvalue weighted by Crippen LogP contribution is -2.40. The molecule has 0 saturated heterocycles. The first kappa shape index (κ1) is 14.4. The second-order valence-electron chi connectivity index (χ2n) is 6.82. The van der Waals surface area contributed by atoms with Gasteiger partial charge in [0.1, 0.15) is 5.75 Å². The van der Waals surface area contributed by atoms with Crippen LogP contribution in [-0.4, -0.2) is 17.1 Å². The molecule has 0 radical (unpaired) electrons. The van der Waals surface area contributed by atoms with Crippen molar-refractivity contribution < 1.29 is 9.90 Å². The van der Waals surface area contributed by atoms with E-state index in [1.165, 1.54) is 25.7 Å². The zero-order chi connectivity index (χ0) is 14.8. The van der Waals surface area contributed by atoms with Gasteiger partial charge in [0.2, 0.25) is 5.91 Å². The number of carbonyl (C=O) groups is 1. The van der Waals surface area contributed by atoms with E-state index >= 15 is 0 Å². The van der Waals surface area contributed by atoms with Crippen LogP contribution in [0.4, 0.5) is 0 Å². The summed E-state index contributed by atoms with van der Waals surface area (Å²) >= 11 is 0. The van der Waals surface area contributed by atoms with Crippen LogP contribution in [-0.2, 0) is 11.2 Å². The second-order valence-corrected chi connectivity index (χ2v) is 6.82. The number of phenols is 1. The lowest BCUT2D eigenvalue weighted by Gasteiger charge is -2.28. The summed E-state index contributed by atoms with van der Waals surface area (Å²) in [6, 6.07) is 7.53. The number of aromatic hydroxyl groups is 1.